The van der Waals surface area contributed by atoms with Gasteiger partial charge in [-0.25, -0.2) is 17.6 Å². The molecule has 0 bridgehead atoms. The third kappa shape index (κ3) is 7.11. The van der Waals surface area contributed by atoms with E-state index < -0.39 is 26.7 Å². The number of benzene rings is 3. The van der Waals surface area contributed by atoms with Crippen LogP contribution in [0.5, 0.6) is 11.5 Å². The minimum Gasteiger partial charge on any atom is -0.497 e. The van der Waals surface area contributed by atoms with Gasteiger partial charge in [-0.3, -0.25) is 0 Å². The van der Waals surface area contributed by atoms with Crippen molar-refractivity contribution in [2.45, 2.75) is 43.8 Å². The second-order valence-corrected chi connectivity index (χ2v) is 13.4. The second kappa shape index (κ2) is 12.9. The van der Waals surface area contributed by atoms with E-state index in [0.29, 0.717) is 50.8 Å². The highest BCUT2D eigenvalue weighted by atomic mass is 79.9. The summed E-state index contributed by atoms with van der Waals surface area (Å²) in [5, 5.41) is 9.70. The molecule has 0 saturated heterocycles. The summed E-state index contributed by atoms with van der Waals surface area (Å²) in [6, 6.07) is 19.7. The van der Waals surface area contributed by atoms with Crippen LogP contribution in [0.15, 0.2) is 82.2 Å². The first-order valence-electron chi connectivity index (χ1n) is 13.7. The number of nitrogens with zero attached hydrogens (tertiary/aromatic N) is 2. The number of aromatic nitrogens is 1. The molecule has 0 atom stereocenters. The Labute approximate surface area is 258 Å². The molecule has 11 heteroatoms. The van der Waals surface area contributed by atoms with Gasteiger partial charge in [0, 0.05) is 36.2 Å². The van der Waals surface area contributed by atoms with Crippen molar-refractivity contribution >= 4 is 31.9 Å². The fourth-order valence-corrected chi connectivity index (χ4v) is 7.00. The monoisotopic (exact) mass is 670 g/mol. The summed E-state index contributed by atoms with van der Waals surface area (Å²) in [4.78, 5) is 11.4. The van der Waals surface area contributed by atoms with Gasteiger partial charge in [0.25, 0.3) is 0 Å². The smallest absolute Gasteiger partial charge is 0.352 e. The fourth-order valence-electron chi connectivity index (χ4n) is 4.97. The predicted molar refractivity (Wildman–Crippen MR) is 163 cm³/mol. The quantitative estimate of drug-likeness (QED) is 0.174. The number of methoxy groups -OCH3 is 2. The first-order chi connectivity index (χ1) is 20.6. The summed E-state index contributed by atoms with van der Waals surface area (Å²) in [7, 11) is -1.17. The first kappa shape index (κ1) is 30.8. The Morgan fingerprint density at radius 2 is 1.47 bits per heavy atom. The highest BCUT2D eigenvalue weighted by molar-refractivity contribution is 9.10. The van der Waals surface area contributed by atoms with Crippen LogP contribution in [0.4, 0.5) is 4.39 Å². The van der Waals surface area contributed by atoms with Gasteiger partial charge in [-0.1, -0.05) is 30.3 Å². The molecule has 43 heavy (non-hydrogen) atoms. The number of carboxylic acids is 1. The lowest BCUT2D eigenvalue weighted by Gasteiger charge is -2.23. The molecule has 1 N–H and O–H groups in total. The molecule has 0 amide bonds. The van der Waals surface area contributed by atoms with Crippen LogP contribution in [0.25, 0.3) is 0 Å². The van der Waals surface area contributed by atoms with E-state index in [9.17, 15) is 18.3 Å². The molecule has 1 saturated carbocycles. The van der Waals surface area contributed by atoms with Crippen molar-refractivity contribution in [3.05, 3.63) is 111 Å². The van der Waals surface area contributed by atoms with Gasteiger partial charge in [-0.15, -0.1) is 0 Å². The van der Waals surface area contributed by atoms with Gasteiger partial charge in [-0.2, -0.15) is 4.31 Å². The molecule has 8 nitrogen and oxygen atoms in total. The summed E-state index contributed by atoms with van der Waals surface area (Å²) < 4.78 is 57.7. The molecule has 4 aromatic rings. The van der Waals surface area contributed by atoms with E-state index in [1.54, 1.807) is 79.5 Å². The van der Waals surface area contributed by atoms with Gasteiger partial charge in [0.05, 0.1) is 14.2 Å². The Hall–Kier alpha value is -3.67. The fraction of sp³-hybridized carbons (Fsp3) is 0.281. The van der Waals surface area contributed by atoms with Crippen molar-refractivity contribution in [2.24, 2.45) is 5.92 Å². The third-order valence-electron chi connectivity index (χ3n) is 7.53. The van der Waals surface area contributed by atoms with E-state index in [1.165, 1.54) is 16.4 Å². The molecule has 1 aromatic heterocycles. The van der Waals surface area contributed by atoms with Crippen LogP contribution in [0.2, 0.25) is 0 Å². The molecule has 0 radical (unpaired) electrons. The van der Waals surface area contributed by atoms with Crippen LogP contribution in [-0.4, -0.2) is 42.6 Å². The number of aromatic carboxylic acids is 1. The topological polar surface area (TPSA) is 98.1 Å². The van der Waals surface area contributed by atoms with Crippen LogP contribution in [0.1, 0.15) is 45.7 Å². The SMILES string of the molecule is COc1ccc(CN(Cc2ccc(OC)cc2)S(=O)(=O)c2ccc(Cc3c(Br)cc(C(=O)O)n3CC3CC3)cc2F)cc1. The summed E-state index contributed by atoms with van der Waals surface area (Å²) in [6.45, 7) is 0.599. The number of carboxylic acid groups (broad SMARTS) is 1. The molecule has 1 heterocycles. The van der Waals surface area contributed by atoms with Gasteiger partial charge < -0.3 is 19.1 Å². The maximum Gasteiger partial charge on any atom is 0.352 e. The van der Waals surface area contributed by atoms with Crippen molar-refractivity contribution in [1.29, 1.82) is 0 Å². The Kier molecular flexibility index (Phi) is 9.24. The minimum absolute atomic E-state index is 0.0130. The van der Waals surface area contributed by atoms with Crippen molar-refractivity contribution in [3.8, 4) is 11.5 Å². The van der Waals surface area contributed by atoms with Crippen LogP contribution >= 0.6 is 15.9 Å². The highest BCUT2D eigenvalue weighted by Gasteiger charge is 2.30. The van der Waals surface area contributed by atoms with Gasteiger partial charge in [0.2, 0.25) is 10.0 Å². The predicted octanol–water partition coefficient (Wildman–Crippen LogP) is 6.50. The molecule has 5 rings (SSSR count). The zero-order valence-electron chi connectivity index (χ0n) is 23.8. The molecular formula is C32H32BrFN2O6S. The van der Waals surface area contributed by atoms with Gasteiger partial charge >= 0.3 is 5.97 Å². The molecule has 3 aromatic carbocycles. The summed E-state index contributed by atoms with van der Waals surface area (Å²) in [5.74, 6) is -0.209. The van der Waals surface area contributed by atoms with Crippen molar-refractivity contribution < 1.29 is 32.2 Å². The van der Waals surface area contributed by atoms with Gasteiger partial charge in [0.1, 0.15) is 27.9 Å². The average molecular weight is 672 g/mol. The molecule has 1 aliphatic carbocycles. The zero-order chi connectivity index (χ0) is 30.7. The Morgan fingerprint density at radius 1 is 0.930 bits per heavy atom. The average Bonchev–Trinajstić information content (AvgIpc) is 3.76. The van der Waals surface area contributed by atoms with Gasteiger partial charge in [0.15, 0.2) is 0 Å². The molecule has 0 unspecified atom stereocenters. The number of carbonyl (C=O) groups is 1. The van der Waals surface area contributed by atoms with Crippen molar-refractivity contribution in [1.82, 2.24) is 8.87 Å². The van der Waals surface area contributed by atoms with Crippen LogP contribution in [-0.2, 0) is 36.1 Å². The Morgan fingerprint density at radius 3 is 1.93 bits per heavy atom. The van der Waals surface area contributed by atoms with Gasteiger partial charge in [-0.05, 0) is 93.8 Å². The van der Waals surface area contributed by atoms with E-state index >= 15 is 4.39 Å². The molecule has 1 fully saturated rings. The van der Waals surface area contributed by atoms with E-state index in [0.717, 1.165) is 12.8 Å². The summed E-state index contributed by atoms with van der Waals surface area (Å²) in [6.07, 6.45) is 2.32. The van der Waals surface area contributed by atoms with Crippen molar-refractivity contribution in [3.63, 3.8) is 0 Å². The van der Waals surface area contributed by atoms with Crippen LogP contribution < -0.4 is 9.47 Å². The molecular weight excluding hydrogens is 639 g/mol. The maximum atomic E-state index is 15.7. The lowest BCUT2D eigenvalue weighted by Crippen LogP contribution is -2.31. The van der Waals surface area contributed by atoms with Crippen molar-refractivity contribution in [2.75, 3.05) is 14.2 Å². The number of hydrogen-bond acceptors (Lipinski definition) is 5. The lowest BCUT2D eigenvalue weighted by atomic mass is 10.1. The van der Waals surface area contributed by atoms with E-state index in [2.05, 4.69) is 15.9 Å². The normalized spacial score (nSPS) is 13.3. The summed E-state index contributed by atoms with van der Waals surface area (Å²) in [5.41, 5.74) is 2.83. The first-order valence-corrected chi connectivity index (χ1v) is 16.0. The number of sulfonamides is 1. The molecule has 226 valence electrons. The lowest BCUT2D eigenvalue weighted by molar-refractivity contribution is 0.0684. The zero-order valence-corrected chi connectivity index (χ0v) is 26.2. The number of ether oxygens (including phenoxy) is 2. The van der Waals surface area contributed by atoms with Crippen LogP contribution in [0, 0.1) is 11.7 Å². The Balaban J connectivity index is 1.45. The van der Waals surface area contributed by atoms with E-state index in [1.807, 2.05) is 0 Å². The van der Waals surface area contributed by atoms with E-state index in [-0.39, 0.29) is 25.2 Å². The molecule has 0 aliphatic heterocycles. The Bertz CT molecular complexity index is 1670. The maximum absolute atomic E-state index is 15.7. The number of rotatable bonds is 13. The number of halogens is 2. The molecule has 0 spiro atoms. The third-order valence-corrected chi connectivity index (χ3v) is 10.0. The highest BCUT2D eigenvalue weighted by Crippen LogP contribution is 2.35. The standard InChI is InChI=1S/C32H32BrFN2O6S/c1-41-25-10-5-21(6-11-25)18-35(19-22-7-12-26(42-2)13-8-22)43(39,40)31-14-9-24(15-28(31)34)16-29-27(33)17-30(32(37)38)36(29)20-23-3-4-23/h5-15,17,23H,3-4,16,18-20H2,1-2H3,(H,37,38). The van der Waals surface area contributed by atoms with Crippen LogP contribution in [0.3, 0.4) is 0 Å². The largest absolute Gasteiger partial charge is 0.497 e. The van der Waals surface area contributed by atoms with E-state index in [4.69, 9.17) is 9.47 Å². The molecule has 1 aliphatic rings. The number of hydrogen-bond donors (Lipinski definition) is 1. The summed E-state index contributed by atoms with van der Waals surface area (Å²) >= 11 is 3.47. The minimum atomic E-state index is -4.28. The second-order valence-electron chi connectivity index (χ2n) is 10.6.